The molecule has 4 aromatic rings. The van der Waals surface area contributed by atoms with Crippen molar-refractivity contribution in [3.63, 3.8) is 0 Å². The Morgan fingerprint density at radius 2 is 2.00 bits per heavy atom. The molecule has 1 aliphatic rings. The van der Waals surface area contributed by atoms with Gasteiger partial charge in [0.15, 0.2) is 0 Å². The quantitative estimate of drug-likeness (QED) is 0.585. The topological polar surface area (TPSA) is 71.2 Å². The molecule has 0 spiro atoms. The van der Waals surface area contributed by atoms with E-state index in [1.807, 2.05) is 35.1 Å². The van der Waals surface area contributed by atoms with Gasteiger partial charge in [0, 0.05) is 49.7 Å². The van der Waals surface area contributed by atoms with E-state index in [2.05, 4.69) is 46.5 Å². The number of carbonyl (C=O) groups excluding carboxylic acids is 1. The van der Waals surface area contributed by atoms with E-state index in [0.717, 1.165) is 41.9 Å². The van der Waals surface area contributed by atoms with Crippen LogP contribution in [0, 0.1) is 6.92 Å². The van der Waals surface area contributed by atoms with Crippen LogP contribution in [-0.2, 0) is 7.05 Å². The second-order valence-corrected chi connectivity index (χ2v) is 7.89. The summed E-state index contributed by atoms with van der Waals surface area (Å²) in [6.07, 6.45) is 9.36. The first-order valence-electron chi connectivity index (χ1n) is 10.00. The molecule has 148 valence electrons. The number of aromatic nitrogens is 5. The molecule has 0 radical (unpaired) electrons. The fourth-order valence-corrected chi connectivity index (χ4v) is 4.34. The van der Waals surface area contributed by atoms with Crippen molar-refractivity contribution < 1.29 is 4.79 Å². The van der Waals surface area contributed by atoms with Crippen molar-refractivity contribution >= 4 is 11.6 Å². The lowest BCUT2D eigenvalue weighted by atomic mass is 9.90. The molecule has 1 amide bonds. The average molecular weight is 388 g/mol. The number of H-pyrrole nitrogens is 1. The van der Waals surface area contributed by atoms with Crippen LogP contribution in [0.4, 0.5) is 0 Å². The molecular formula is C22H24N6O. The van der Waals surface area contributed by atoms with Crippen LogP contribution >= 0.6 is 0 Å². The second-order valence-electron chi connectivity index (χ2n) is 7.89. The van der Waals surface area contributed by atoms with Crippen molar-refractivity contribution in [1.29, 1.82) is 0 Å². The Balaban J connectivity index is 1.42. The fraction of sp³-hybridized carbons (Fsp3) is 0.318. The molecule has 1 fully saturated rings. The van der Waals surface area contributed by atoms with Gasteiger partial charge in [0.2, 0.25) is 0 Å². The second kappa shape index (κ2) is 6.92. The highest BCUT2D eigenvalue weighted by atomic mass is 16.2. The number of hydrogen-bond acceptors (Lipinski definition) is 3. The van der Waals surface area contributed by atoms with Gasteiger partial charge >= 0.3 is 0 Å². The zero-order valence-corrected chi connectivity index (χ0v) is 16.7. The lowest BCUT2D eigenvalue weighted by molar-refractivity contribution is 0.0707. The number of piperidine rings is 1. The van der Waals surface area contributed by atoms with Crippen LogP contribution in [0.25, 0.3) is 16.8 Å². The third kappa shape index (κ3) is 3.03. The maximum absolute atomic E-state index is 13.3. The summed E-state index contributed by atoms with van der Waals surface area (Å²) in [7, 11) is 1.94. The van der Waals surface area contributed by atoms with E-state index >= 15 is 0 Å². The number of benzene rings is 1. The largest absolute Gasteiger partial charge is 0.338 e. The summed E-state index contributed by atoms with van der Waals surface area (Å²) in [6, 6.07) is 8.50. The summed E-state index contributed by atoms with van der Waals surface area (Å²) in [5.41, 5.74) is 6.12. The van der Waals surface area contributed by atoms with Gasteiger partial charge in [0.25, 0.3) is 5.91 Å². The van der Waals surface area contributed by atoms with Gasteiger partial charge in [-0.3, -0.25) is 9.89 Å². The maximum atomic E-state index is 13.3. The summed E-state index contributed by atoms with van der Waals surface area (Å²) in [4.78, 5) is 15.2. The highest BCUT2D eigenvalue weighted by Gasteiger charge is 2.30. The van der Waals surface area contributed by atoms with E-state index in [1.54, 1.807) is 10.7 Å². The smallest absolute Gasteiger partial charge is 0.259 e. The Morgan fingerprint density at radius 3 is 2.83 bits per heavy atom. The van der Waals surface area contributed by atoms with E-state index in [9.17, 15) is 4.79 Å². The maximum Gasteiger partial charge on any atom is 0.259 e. The predicted molar refractivity (Wildman–Crippen MR) is 111 cm³/mol. The van der Waals surface area contributed by atoms with Crippen molar-refractivity contribution in [1.82, 2.24) is 29.3 Å². The third-order valence-electron chi connectivity index (χ3n) is 5.91. The number of fused-ring (bicyclic) bond motifs is 1. The van der Waals surface area contributed by atoms with Gasteiger partial charge < -0.3 is 9.47 Å². The normalized spacial score (nSPS) is 17.2. The summed E-state index contributed by atoms with van der Waals surface area (Å²) >= 11 is 0. The molecule has 0 bridgehead atoms. The number of carbonyl (C=O) groups is 1. The van der Waals surface area contributed by atoms with Crippen LogP contribution in [0.5, 0.6) is 0 Å². The Bertz CT molecular complexity index is 1170. The Labute approximate surface area is 169 Å². The fourth-order valence-electron chi connectivity index (χ4n) is 4.34. The van der Waals surface area contributed by atoms with Crippen LogP contribution in [0.15, 0.2) is 49.1 Å². The third-order valence-corrected chi connectivity index (χ3v) is 5.91. The van der Waals surface area contributed by atoms with Crippen LogP contribution in [0.1, 0.15) is 40.4 Å². The van der Waals surface area contributed by atoms with Crippen molar-refractivity contribution in [2.75, 3.05) is 13.1 Å². The minimum absolute atomic E-state index is 0.0444. The Hall–Kier alpha value is -3.35. The summed E-state index contributed by atoms with van der Waals surface area (Å²) in [5.74, 6) is 0.286. The molecule has 1 atom stereocenters. The summed E-state index contributed by atoms with van der Waals surface area (Å²) in [6.45, 7) is 3.54. The summed E-state index contributed by atoms with van der Waals surface area (Å²) < 4.78 is 3.69. The average Bonchev–Trinajstić information content (AvgIpc) is 3.46. The highest BCUT2D eigenvalue weighted by molar-refractivity contribution is 6.00. The number of likely N-dealkylation sites (tertiary alicyclic amines) is 1. The monoisotopic (exact) mass is 388 g/mol. The number of nitrogens with zero attached hydrogens (tertiary/aromatic N) is 5. The summed E-state index contributed by atoms with van der Waals surface area (Å²) in [5, 5.41) is 11.8. The van der Waals surface area contributed by atoms with Crippen LogP contribution in [-0.4, -0.2) is 48.3 Å². The SMILES string of the molecule is Cc1ccc(-c2cn[nH]c2C2CCCN(C(=O)c3cnn4ccn(C)c34)C2)cc1. The van der Waals surface area contributed by atoms with Crippen molar-refractivity contribution in [3.8, 4) is 11.1 Å². The Kier molecular flexibility index (Phi) is 4.23. The van der Waals surface area contributed by atoms with E-state index in [-0.39, 0.29) is 11.8 Å². The van der Waals surface area contributed by atoms with Crippen LogP contribution < -0.4 is 0 Å². The van der Waals surface area contributed by atoms with Crippen molar-refractivity contribution in [2.24, 2.45) is 7.05 Å². The molecule has 29 heavy (non-hydrogen) atoms. The number of nitrogens with one attached hydrogen (secondary N) is 1. The first kappa shape index (κ1) is 17.7. The first-order chi connectivity index (χ1) is 14.1. The number of amides is 1. The molecule has 5 rings (SSSR count). The van der Waals surface area contributed by atoms with Gasteiger partial charge in [0.05, 0.1) is 12.4 Å². The first-order valence-corrected chi connectivity index (χ1v) is 10.00. The van der Waals surface area contributed by atoms with Gasteiger partial charge in [-0.15, -0.1) is 0 Å². The molecule has 0 aliphatic carbocycles. The zero-order chi connectivity index (χ0) is 20.0. The predicted octanol–water partition coefficient (Wildman–Crippen LogP) is 3.39. The van der Waals surface area contributed by atoms with Crippen molar-refractivity contribution in [3.05, 3.63) is 65.9 Å². The zero-order valence-electron chi connectivity index (χ0n) is 16.7. The number of imidazole rings is 1. The lowest BCUT2D eigenvalue weighted by Crippen LogP contribution is -2.39. The number of hydrogen-bond donors (Lipinski definition) is 1. The highest BCUT2D eigenvalue weighted by Crippen LogP contribution is 2.33. The standard InChI is InChI=1S/C22H24N6O/c1-15-5-7-16(8-6-15)18-12-23-25-20(18)17-4-3-9-27(14-17)22(29)19-13-24-28-11-10-26(2)21(19)28/h5-8,10-13,17H,3-4,9,14H2,1-2H3,(H,23,25). The molecule has 1 aliphatic heterocycles. The number of aryl methyl sites for hydroxylation is 2. The number of aromatic amines is 1. The van der Waals surface area contributed by atoms with E-state index in [1.165, 1.54) is 5.56 Å². The van der Waals surface area contributed by atoms with Crippen LogP contribution in [0.3, 0.4) is 0 Å². The van der Waals surface area contributed by atoms with Gasteiger partial charge in [-0.1, -0.05) is 29.8 Å². The molecule has 1 N–H and O–H groups in total. The molecule has 3 aromatic heterocycles. The molecular weight excluding hydrogens is 364 g/mol. The van der Waals surface area contributed by atoms with E-state index in [0.29, 0.717) is 12.1 Å². The molecule has 7 heteroatoms. The minimum Gasteiger partial charge on any atom is -0.338 e. The molecule has 0 saturated carbocycles. The molecule has 7 nitrogen and oxygen atoms in total. The van der Waals surface area contributed by atoms with Gasteiger partial charge in [-0.05, 0) is 25.3 Å². The molecule has 1 unspecified atom stereocenters. The van der Waals surface area contributed by atoms with Gasteiger partial charge in [-0.25, -0.2) is 4.52 Å². The minimum atomic E-state index is 0.0444. The van der Waals surface area contributed by atoms with Gasteiger partial charge in [0.1, 0.15) is 11.2 Å². The molecule has 1 saturated heterocycles. The van der Waals surface area contributed by atoms with E-state index in [4.69, 9.17) is 0 Å². The van der Waals surface area contributed by atoms with Crippen molar-refractivity contribution in [2.45, 2.75) is 25.7 Å². The molecule has 4 heterocycles. The van der Waals surface area contributed by atoms with Gasteiger partial charge in [-0.2, -0.15) is 10.2 Å². The number of rotatable bonds is 3. The van der Waals surface area contributed by atoms with Crippen LogP contribution in [0.2, 0.25) is 0 Å². The molecule has 1 aromatic carbocycles. The van der Waals surface area contributed by atoms with E-state index < -0.39 is 0 Å². The Morgan fingerprint density at radius 1 is 1.17 bits per heavy atom. The lowest BCUT2D eigenvalue weighted by Gasteiger charge is -2.32.